The van der Waals surface area contributed by atoms with Crippen LogP contribution in [0.15, 0.2) is 11.0 Å². The van der Waals surface area contributed by atoms with Gasteiger partial charge in [-0.2, -0.15) is 4.72 Å². The lowest BCUT2D eigenvalue weighted by Crippen LogP contribution is -2.42. The SMILES string of the molecule is Cc1cc(C)c(C)c(S(=O)(=O)N[C@H](C)C(=O)O[C@H](C)C(N)=O)c1C. The van der Waals surface area contributed by atoms with Gasteiger partial charge in [0.25, 0.3) is 5.91 Å². The molecule has 0 aliphatic carbocycles. The van der Waals surface area contributed by atoms with Crippen LogP contribution in [0.4, 0.5) is 0 Å². The molecule has 0 bridgehead atoms. The number of nitrogens with one attached hydrogen (secondary N) is 1. The minimum absolute atomic E-state index is 0.155. The van der Waals surface area contributed by atoms with Crippen LogP contribution in [-0.4, -0.2) is 32.4 Å². The van der Waals surface area contributed by atoms with Crippen LogP contribution in [-0.2, 0) is 24.3 Å². The monoisotopic (exact) mass is 356 g/mol. The zero-order valence-corrected chi connectivity index (χ0v) is 15.6. The fourth-order valence-electron chi connectivity index (χ4n) is 2.26. The van der Waals surface area contributed by atoms with Gasteiger partial charge < -0.3 is 10.5 Å². The molecule has 0 aliphatic heterocycles. The Morgan fingerprint density at radius 3 is 1.96 bits per heavy atom. The Labute approximate surface area is 142 Å². The van der Waals surface area contributed by atoms with Gasteiger partial charge in [-0.3, -0.25) is 9.59 Å². The number of ether oxygens (including phenoxy) is 1. The van der Waals surface area contributed by atoms with E-state index in [-0.39, 0.29) is 4.90 Å². The van der Waals surface area contributed by atoms with Crippen LogP contribution in [0.2, 0.25) is 0 Å². The topological polar surface area (TPSA) is 116 Å². The second-order valence-corrected chi connectivity index (χ2v) is 7.56. The minimum Gasteiger partial charge on any atom is -0.451 e. The summed E-state index contributed by atoms with van der Waals surface area (Å²) in [5.74, 6) is -1.68. The molecule has 7 nitrogen and oxygen atoms in total. The Morgan fingerprint density at radius 2 is 1.54 bits per heavy atom. The van der Waals surface area contributed by atoms with Crippen molar-refractivity contribution in [3.05, 3.63) is 28.3 Å². The Morgan fingerprint density at radius 1 is 1.08 bits per heavy atom. The molecule has 0 fully saturated rings. The van der Waals surface area contributed by atoms with Gasteiger partial charge in [-0.05, 0) is 63.8 Å². The van der Waals surface area contributed by atoms with Gasteiger partial charge in [0.1, 0.15) is 6.04 Å². The van der Waals surface area contributed by atoms with Crippen molar-refractivity contribution in [2.24, 2.45) is 5.73 Å². The number of amides is 1. The van der Waals surface area contributed by atoms with Crippen LogP contribution in [0.5, 0.6) is 0 Å². The third kappa shape index (κ3) is 4.33. The number of nitrogens with two attached hydrogens (primary N) is 1. The number of sulfonamides is 1. The van der Waals surface area contributed by atoms with Gasteiger partial charge in [-0.1, -0.05) is 6.07 Å². The first-order chi connectivity index (χ1) is 10.9. The lowest BCUT2D eigenvalue weighted by atomic mass is 10.0. The number of hydrogen-bond acceptors (Lipinski definition) is 5. The Balaban J connectivity index is 3.11. The summed E-state index contributed by atoms with van der Waals surface area (Å²) in [7, 11) is -3.93. The molecule has 0 aromatic heterocycles. The van der Waals surface area contributed by atoms with E-state index >= 15 is 0 Å². The van der Waals surface area contributed by atoms with Crippen molar-refractivity contribution in [2.75, 3.05) is 0 Å². The third-order valence-electron chi connectivity index (χ3n) is 3.95. The van der Waals surface area contributed by atoms with Crippen LogP contribution in [0.3, 0.4) is 0 Å². The number of rotatable bonds is 6. The number of esters is 1. The smallest absolute Gasteiger partial charge is 0.324 e. The standard InChI is InChI=1S/C16H24N2O5S/c1-8-7-9(2)11(4)14(10(8)3)24(21,22)18-12(5)16(20)23-13(6)15(17)19/h7,12-13,18H,1-6H3,(H2,17,19)/t12-,13-/m1/s1. The molecule has 1 amide bonds. The van der Waals surface area contributed by atoms with Gasteiger partial charge >= 0.3 is 5.97 Å². The molecule has 1 rings (SSSR count). The van der Waals surface area contributed by atoms with Crippen molar-refractivity contribution in [1.29, 1.82) is 0 Å². The second kappa shape index (κ2) is 7.31. The Kier molecular flexibility index (Phi) is 6.13. The average Bonchev–Trinajstić information content (AvgIpc) is 2.44. The molecule has 3 N–H and O–H groups in total. The highest BCUT2D eigenvalue weighted by Gasteiger charge is 2.28. The predicted octanol–water partition coefficient (Wildman–Crippen LogP) is 1.00. The first-order valence-corrected chi connectivity index (χ1v) is 8.96. The first kappa shape index (κ1) is 20.1. The van der Waals surface area contributed by atoms with Gasteiger partial charge in [0.05, 0.1) is 4.90 Å². The van der Waals surface area contributed by atoms with E-state index in [2.05, 4.69) is 4.72 Å². The number of benzene rings is 1. The lowest BCUT2D eigenvalue weighted by Gasteiger charge is -2.19. The zero-order chi connectivity index (χ0) is 18.8. The van der Waals surface area contributed by atoms with Gasteiger partial charge in [0.2, 0.25) is 10.0 Å². The van der Waals surface area contributed by atoms with E-state index in [1.165, 1.54) is 13.8 Å². The predicted molar refractivity (Wildman–Crippen MR) is 89.9 cm³/mol. The van der Waals surface area contributed by atoms with Gasteiger partial charge in [0.15, 0.2) is 6.10 Å². The quantitative estimate of drug-likeness (QED) is 0.738. The average molecular weight is 356 g/mol. The summed E-state index contributed by atoms with van der Waals surface area (Å²) < 4.78 is 32.5. The van der Waals surface area contributed by atoms with Crippen molar-refractivity contribution >= 4 is 21.9 Å². The Bertz CT molecular complexity index is 745. The first-order valence-electron chi connectivity index (χ1n) is 7.48. The largest absolute Gasteiger partial charge is 0.451 e. The fraction of sp³-hybridized carbons (Fsp3) is 0.500. The highest BCUT2D eigenvalue weighted by molar-refractivity contribution is 7.89. The van der Waals surface area contributed by atoms with E-state index in [1.54, 1.807) is 13.8 Å². The van der Waals surface area contributed by atoms with Crippen molar-refractivity contribution in [3.63, 3.8) is 0 Å². The summed E-state index contributed by atoms with van der Waals surface area (Å²) in [6.45, 7) is 9.75. The van der Waals surface area contributed by atoms with E-state index in [1.807, 2.05) is 19.9 Å². The summed E-state index contributed by atoms with van der Waals surface area (Å²) >= 11 is 0. The van der Waals surface area contributed by atoms with Gasteiger partial charge in [-0.25, -0.2) is 8.42 Å². The molecule has 0 unspecified atom stereocenters. The van der Waals surface area contributed by atoms with Crippen LogP contribution < -0.4 is 10.5 Å². The molecule has 134 valence electrons. The highest BCUT2D eigenvalue weighted by atomic mass is 32.2. The lowest BCUT2D eigenvalue weighted by molar-refractivity contribution is -0.155. The van der Waals surface area contributed by atoms with Crippen molar-refractivity contribution in [3.8, 4) is 0 Å². The number of primary amides is 1. The van der Waals surface area contributed by atoms with Crippen LogP contribution >= 0.6 is 0 Å². The molecule has 0 aliphatic rings. The normalized spacial score (nSPS) is 14.1. The van der Waals surface area contributed by atoms with Crippen LogP contribution in [0.1, 0.15) is 36.1 Å². The summed E-state index contributed by atoms with van der Waals surface area (Å²) in [6.07, 6.45) is -1.13. The van der Waals surface area contributed by atoms with Crippen LogP contribution in [0, 0.1) is 27.7 Å². The molecule has 2 atom stereocenters. The minimum atomic E-state index is -3.93. The molecular weight excluding hydrogens is 332 g/mol. The summed E-state index contributed by atoms with van der Waals surface area (Å²) in [5, 5.41) is 0. The maximum atomic E-state index is 12.7. The summed E-state index contributed by atoms with van der Waals surface area (Å²) in [4.78, 5) is 23.0. The number of hydrogen-bond donors (Lipinski definition) is 2. The van der Waals surface area contributed by atoms with E-state index < -0.39 is 34.0 Å². The number of carbonyl (C=O) groups is 2. The summed E-state index contributed by atoms with van der Waals surface area (Å²) in [6, 6.07) is 0.757. The molecule has 0 heterocycles. The maximum Gasteiger partial charge on any atom is 0.324 e. The fourth-order valence-corrected chi connectivity index (χ4v) is 4.07. The molecule has 0 saturated heterocycles. The molecule has 1 aromatic carbocycles. The van der Waals surface area contributed by atoms with E-state index in [4.69, 9.17) is 10.5 Å². The van der Waals surface area contributed by atoms with E-state index in [9.17, 15) is 18.0 Å². The molecule has 0 spiro atoms. The van der Waals surface area contributed by atoms with E-state index in [0.717, 1.165) is 11.1 Å². The van der Waals surface area contributed by atoms with Crippen molar-refractivity contribution in [1.82, 2.24) is 4.72 Å². The number of carbonyl (C=O) groups excluding carboxylic acids is 2. The Hall–Kier alpha value is -1.93. The molecule has 8 heteroatoms. The molecule has 0 saturated carbocycles. The molecule has 1 aromatic rings. The molecular formula is C16H24N2O5S. The summed E-state index contributed by atoms with van der Waals surface area (Å²) in [5.41, 5.74) is 7.95. The van der Waals surface area contributed by atoms with Gasteiger partial charge in [-0.15, -0.1) is 0 Å². The zero-order valence-electron chi connectivity index (χ0n) is 14.8. The maximum absolute atomic E-state index is 12.7. The third-order valence-corrected chi connectivity index (χ3v) is 5.76. The van der Waals surface area contributed by atoms with E-state index in [0.29, 0.717) is 11.1 Å². The van der Waals surface area contributed by atoms with Crippen molar-refractivity contribution < 1.29 is 22.7 Å². The molecule has 0 radical (unpaired) electrons. The highest BCUT2D eigenvalue weighted by Crippen LogP contribution is 2.26. The van der Waals surface area contributed by atoms with Crippen LogP contribution in [0.25, 0.3) is 0 Å². The van der Waals surface area contributed by atoms with Gasteiger partial charge in [0, 0.05) is 0 Å². The second-order valence-electron chi connectivity index (χ2n) is 5.91. The number of aryl methyl sites for hydroxylation is 2. The molecule has 24 heavy (non-hydrogen) atoms. The van der Waals surface area contributed by atoms with Crippen molar-refractivity contribution in [2.45, 2.75) is 58.6 Å².